The third-order valence-corrected chi connectivity index (χ3v) is 3.76. The Morgan fingerprint density at radius 3 is 2.55 bits per heavy atom. The Morgan fingerprint density at radius 1 is 0.950 bits per heavy atom. The third kappa shape index (κ3) is 2.07. The fourth-order valence-electron chi connectivity index (χ4n) is 2.79. The maximum absolute atomic E-state index is 5.53. The lowest BCUT2D eigenvalue weighted by Gasteiger charge is -2.13. The van der Waals surface area contributed by atoms with Crippen LogP contribution in [-0.2, 0) is 6.42 Å². The van der Waals surface area contributed by atoms with Gasteiger partial charge in [0.25, 0.3) is 0 Å². The molecule has 0 spiro atoms. The number of benzene rings is 2. The number of allylic oxidation sites excluding steroid dienone is 1. The first-order valence-electron chi connectivity index (χ1n) is 6.74. The summed E-state index contributed by atoms with van der Waals surface area (Å²) in [7, 11) is 3.36. The molecule has 102 valence electrons. The predicted molar refractivity (Wildman–Crippen MR) is 82.3 cm³/mol. The first-order chi connectivity index (χ1) is 9.72. The van der Waals surface area contributed by atoms with Gasteiger partial charge in [-0.3, -0.25) is 0 Å². The lowest BCUT2D eigenvalue weighted by atomic mass is 9.96. The fourth-order valence-corrected chi connectivity index (χ4v) is 2.79. The number of hydrogen-bond acceptors (Lipinski definition) is 2. The van der Waals surface area contributed by atoms with E-state index >= 15 is 0 Å². The zero-order chi connectivity index (χ0) is 14.1. The topological polar surface area (TPSA) is 18.5 Å². The second-order valence-corrected chi connectivity index (χ2v) is 5.11. The van der Waals surface area contributed by atoms with E-state index in [0.29, 0.717) is 0 Å². The molecule has 2 aromatic rings. The van der Waals surface area contributed by atoms with Gasteiger partial charge in [0.1, 0.15) is 11.5 Å². The summed E-state index contributed by atoms with van der Waals surface area (Å²) < 4.78 is 10.8. The van der Waals surface area contributed by atoms with Crippen LogP contribution >= 0.6 is 0 Å². The summed E-state index contributed by atoms with van der Waals surface area (Å²) in [5, 5.41) is 0. The third-order valence-electron chi connectivity index (χ3n) is 3.76. The molecule has 0 saturated heterocycles. The Bertz CT molecular complexity index is 684. The Labute approximate surface area is 119 Å². The van der Waals surface area contributed by atoms with Crippen LogP contribution in [0.15, 0.2) is 42.0 Å². The first-order valence-corrected chi connectivity index (χ1v) is 6.74. The van der Waals surface area contributed by atoms with Gasteiger partial charge in [0.05, 0.1) is 14.2 Å². The van der Waals surface area contributed by atoms with Gasteiger partial charge in [-0.25, -0.2) is 0 Å². The van der Waals surface area contributed by atoms with Gasteiger partial charge in [-0.1, -0.05) is 29.8 Å². The highest BCUT2D eigenvalue weighted by atomic mass is 16.5. The number of fused-ring (bicyclic) bond motifs is 1. The molecule has 2 nitrogen and oxygen atoms in total. The van der Waals surface area contributed by atoms with E-state index in [0.717, 1.165) is 23.5 Å². The molecule has 0 atom stereocenters. The van der Waals surface area contributed by atoms with Crippen LogP contribution in [0.1, 0.15) is 18.1 Å². The van der Waals surface area contributed by atoms with Crippen molar-refractivity contribution in [3.05, 3.63) is 53.1 Å². The van der Waals surface area contributed by atoms with E-state index < -0.39 is 0 Å². The van der Waals surface area contributed by atoms with Crippen LogP contribution in [0.3, 0.4) is 0 Å². The quantitative estimate of drug-likeness (QED) is 0.823. The summed E-state index contributed by atoms with van der Waals surface area (Å²) in [6.07, 6.45) is 3.32. The minimum Gasteiger partial charge on any atom is -0.497 e. The molecule has 0 unspecified atom stereocenters. The second kappa shape index (κ2) is 5.04. The molecule has 1 aliphatic carbocycles. The van der Waals surface area contributed by atoms with Gasteiger partial charge in [0.15, 0.2) is 0 Å². The van der Waals surface area contributed by atoms with Crippen molar-refractivity contribution in [3.8, 4) is 22.6 Å². The standard InChI is InChI=1S/C18H18O2/c1-12-9-13-5-4-6-15(17(13)10-12)16-8-7-14(19-2)11-18(16)20-3/h4-8,10-11H,9H2,1-3H3. The average Bonchev–Trinajstić information content (AvgIpc) is 2.86. The largest absolute Gasteiger partial charge is 0.497 e. The molecule has 0 radical (unpaired) electrons. The molecule has 0 aromatic heterocycles. The average molecular weight is 266 g/mol. The highest BCUT2D eigenvalue weighted by molar-refractivity contribution is 5.83. The minimum atomic E-state index is 0.810. The predicted octanol–water partition coefficient (Wildman–Crippen LogP) is 4.33. The van der Waals surface area contributed by atoms with Crippen molar-refractivity contribution in [2.75, 3.05) is 14.2 Å². The van der Waals surface area contributed by atoms with Gasteiger partial charge in [0.2, 0.25) is 0 Å². The van der Waals surface area contributed by atoms with Crippen LogP contribution in [-0.4, -0.2) is 14.2 Å². The summed E-state index contributed by atoms with van der Waals surface area (Å²) in [6.45, 7) is 2.18. The molecule has 0 heterocycles. The van der Waals surface area contributed by atoms with Gasteiger partial charge in [-0.15, -0.1) is 0 Å². The van der Waals surface area contributed by atoms with Gasteiger partial charge in [0, 0.05) is 11.6 Å². The van der Waals surface area contributed by atoms with Crippen molar-refractivity contribution < 1.29 is 9.47 Å². The van der Waals surface area contributed by atoms with Crippen LogP contribution in [0.25, 0.3) is 17.2 Å². The summed E-state index contributed by atoms with van der Waals surface area (Å²) in [4.78, 5) is 0. The minimum absolute atomic E-state index is 0.810. The Hall–Kier alpha value is -2.22. The Morgan fingerprint density at radius 2 is 1.80 bits per heavy atom. The lowest BCUT2D eigenvalue weighted by Crippen LogP contribution is -1.93. The molecule has 3 rings (SSSR count). The number of ether oxygens (including phenoxy) is 2. The highest BCUT2D eigenvalue weighted by Crippen LogP contribution is 2.39. The number of methoxy groups -OCH3 is 2. The molecule has 1 aliphatic rings. The normalized spacial score (nSPS) is 12.8. The SMILES string of the molecule is COc1ccc(-c2cccc3c2C=C(C)C3)c(OC)c1. The summed E-state index contributed by atoms with van der Waals surface area (Å²) >= 11 is 0. The lowest BCUT2D eigenvalue weighted by molar-refractivity contribution is 0.395. The molecule has 0 saturated carbocycles. The van der Waals surface area contributed by atoms with Crippen molar-refractivity contribution in [1.82, 2.24) is 0 Å². The van der Waals surface area contributed by atoms with E-state index in [4.69, 9.17) is 9.47 Å². The number of rotatable bonds is 3. The van der Waals surface area contributed by atoms with Gasteiger partial charge in [-0.2, -0.15) is 0 Å². The van der Waals surface area contributed by atoms with E-state index in [9.17, 15) is 0 Å². The molecule has 2 aromatic carbocycles. The van der Waals surface area contributed by atoms with E-state index in [1.165, 1.54) is 22.3 Å². The van der Waals surface area contributed by atoms with Crippen LogP contribution < -0.4 is 9.47 Å². The van der Waals surface area contributed by atoms with Gasteiger partial charge < -0.3 is 9.47 Å². The Balaban J connectivity index is 2.18. The van der Waals surface area contributed by atoms with Gasteiger partial charge >= 0.3 is 0 Å². The van der Waals surface area contributed by atoms with Crippen LogP contribution in [0.4, 0.5) is 0 Å². The summed E-state index contributed by atoms with van der Waals surface area (Å²) in [6, 6.07) is 12.4. The van der Waals surface area contributed by atoms with Crippen molar-refractivity contribution in [1.29, 1.82) is 0 Å². The molecule has 2 heteroatoms. The van der Waals surface area contributed by atoms with E-state index in [-0.39, 0.29) is 0 Å². The van der Waals surface area contributed by atoms with E-state index in [2.05, 4.69) is 37.3 Å². The molecular formula is C18H18O2. The van der Waals surface area contributed by atoms with Crippen LogP contribution in [0, 0.1) is 0 Å². The fraction of sp³-hybridized carbons (Fsp3) is 0.222. The van der Waals surface area contributed by atoms with Crippen LogP contribution in [0.5, 0.6) is 11.5 Å². The summed E-state index contributed by atoms with van der Waals surface area (Å²) in [5.41, 5.74) is 6.43. The zero-order valence-electron chi connectivity index (χ0n) is 12.1. The van der Waals surface area contributed by atoms with Crippen molar-refractivity contribution in [2.45, 2.75) is 13.3 Å². The molecule has 0 N–H and O–H groups in total. The Kier molecular flexibility index (Phi) is 3.23. The smallest absolute Gasteiger partial charge is 0.130 e. The maximum atomic E-state index is 5.53. The molecule has 0 bridgehead atoms. The monoisotopic (exact) mass is 266 g/mol. The zero-order valence-corrected chi connectivity index (χ0v) is 12.1. The van der Waals surface area contributed by atoms with Crippen LogP contribution in [0.2, 0.25) is 0 Å². The van der Waals surface area contributed by atoms with Crippen molar-refractivity contribution >= 4 is 6.08 Å². The summed E-state index contributed by atoms with van der Waals surface area (Å²) in [5.74, 6) is 1.65. The maximum Gasteiger partial charge on any atom is 0.130 e. The highest BCUT2D eigenvalue weighted by Gasteiger charge is 2.16. The molecule has 20 heavy (non-hydrogen) atoms. The second-order valence-electron chi connectivity index (χ2n) is 5.11. The van der Waals surface area contributed by atoms with Crippen molar-refractivity contribution in [3.63, 3.8) is 0 Å². The van der Waals surface area contributed by atoms with E-state index in [1.807, 2.05) is 12.1 Å². The molecule has 0 amide bonds. The molecular weight excluding hydrogens is 248 g/mol. The molecule has 0 aliphatic heterocycles. The van der Waals surface area contributed by atoms with Gasteiger partial charge in [-0.05, 0) is 42.2 Å². The van der Waals surface area contributed by atoms with Crippen molar-refractivity contribution in [2.24, 2.45) is 0 Å². The number of hydrogen-bond donors (Lipinski definition) is 0. The first kappa shape index (κ1) is 12.8. The van der Waals surface area contributed by atoms with E-state index in [1.54, 1.807) is 14.2 Å². The molecule has 0 fully saturated rings.